The molecule has 1 aliphatic rings. The molecule has 2 aromatic rings. The van der Waals surface area contributed by atoms with Gasteiger partial charge in [-0.15, -0.1) is 0 Å². The highest BCUT2D eigenvalue weighted by atomic mass is 32.2. The van der Waals surface area contributed by atoms with E-state index in [-0.39, 0.29) is 22.7 Å². The molecular formula is C12H14N4O2S. The maximum atomic E-state index is 12.1. The van der Waals surface area contributed by atoms with Gasteiger partial charge in [0.25, 0.3) is 0 Å². The molecular weight excluding hydrogens is 264 g/mol. The average Bonchev–Trinajstić information content (AvgIpc) is 2.99. The summed E-state index contributed by atoms with van der Waals surface area (Å²) in [5, 5.41) is 6.04. The van der Waals surface area contributed by atoms with Crippen molar-refractivity contribution in [1.29, 1.82) is 0 Å². The van der Waals surface area contributed by atoms with E-state index in [0.29, 0.717) is 0 Å². The van der Waals surface area contributed by atoms with Gasteiger partial charge in [-0.05, 0) is 12.0 Å². The summed E-state index contributed by atoms with van der Waals surface area (Å²) < 4.78 is 26.8. The SMILES string of the molecule is Nc1[nH]ncc1S(=O)(=O)NC1CC1c1ccccc1. The minimum absolute atomic E-state index is 0.00575. The van der Waals surface area contributed by atoms with Gasteiger partial charge in [0.15, 0.2) is 0 Å². The number of H-pyrrole nitrogens is 1. The second-order valence-corrected chi connectivity index (χ2v) is 6.31. The fourth-order valence-electron chi connectivity index (χ4n) is 2.16. The van der Waals surface area contributed by atoms with Crippen LogP contribution >= 0.6 is 0 Å². The number of sulfonamides is 1. The quantitative estimate of drug-likeness (QED) is 0.771. The third-order valence-electron chi connectivity index (χ3n) is 3.25. The normalized spacial score (nSPS) is 22.3. The van der Waals surface area contributed by atoms with Crippen LogP contribution in [-0.4, -0.2) is 24.7 Å². The molecule has 100 valence electrons. The predicted octanol–water partition coefficient (Wildman–Crippen LogP) is 0.826. The topological polar surface area (TPSA) is 101 Å². The number of nitrogens with zero attached hydrogens (tertiary/aromatic N) is 1. The third kappa shape index (κ3) is 2.34. The van der Waals surface area contributed by atoms with Crippen LogP contribution in [0.4, 0.5) is 5.82 Å². The van der Waals surface area contributed by atoms with E-state index in [1.165, 1.54) is 6.20 Å². The molecule has 1 aromatic heterocycles. The fourth-order valence-corrected chi connectivity index (χ4v) is 3.47. The van der Waals surface area contributed by atoms with Gasteiger partial charge < -0.3 is 5.73 Å². The van der Waals surface area contributed by atoms with Crippen molar-refractivity contribution in [3.05, 3.63) is 42.1 Å². The van der Waals surface area contributed by atoms with Crippen molar-refractivity contribution in [1.82, 2.24) is 14.9 Å². The summed E-state index contributed by atoms with van der Waals surface area (Å²) in [5.74, 6) is 0.300. The summed E-state index contributed by atoms with van der Waals surface area (Å²) in [4.78, 5) is 0.00575. The van der Waals surface area contributed by atoms with Gasteiger partial charge in [-0.25, -0.2) is 13.1 Å². The van der Waals surface area contributed by atoms with E-state index in [9.17, 15) is 8.42 Å². The van der Waals surface area contributed by atoms with E-state index in [1.807, 2.05) is 30.3 Å². The van der Waals surface area contributed by atoms with Crippen molar-refractivity contribution in [3.63, 3.8) is 0 Å². The molecule has 1 fully saturated rings. The average molecular weight is 278 g/mol. The lowest BCUT2D eigenvalue weighted by molar-refractivity contribution is 0.580. The molecule has 4 N–H and O–H groups in total. The Kier molecular flexibility index (Phi) is 2.79. The molecule has 3 rings (SSSR count). The Morgan fingerprint density at radius 2 is 2.05 bits per heavy atom. The van der Waals surface area contributed by atoms with Crippen LogP contribution in [0.5, 0.6) is 0 Å². The Bertz CT molecular complexity index is 681. The summed E-state index contributed by atoms with van der Waals surface area (Å²) >= 11 is 0. The second-order valence-electron chi connectivity index (χ2n) is 4.63. The molecule has 1 aliphatic carbocycles. The zero-order chi connectivity index (χ0) is 13.5. The number of hydrogen-bond acceptors (Lipinski definition) is 4. The molecule has 0 spiro atoms. The Hall–Kier alpha value is -1.86. The van der Waals surface area contributed by atoms with Crippen LogP contribution in [0.25, 0.3) is 0 Å². The van der Waals surface area contributed by atoms with Crippen LogP contribution < -0.4 is 10.5 Å². The number of nitrogens with one attached hydrogen (secondary N) is 2. The molecule has 7 heteroatoms. The van der Waals surface area contributed by atoms with Gasteiger partial charge >= 0.3 is 0 Å². The van der Waals surface area contributed by atoms with Crippen LogP contribution in [0.1, 0.15) is 17.9 Å². The van der Waals surface area contributed by atoms with Crippen LogP contribution in [0, 0.1) is 0 Å². The molecule has 1 heterocycles. The highest BCUT2D eigenvalue weighted by Gasteiger charge is 2.41. The van der Waals surface area contributed by atoms with Gasteiger partial charge in [0, 0.05) is 12.0 Å². The first-order valence-corrected chi connectivity index (χ1v) is 7.42. The zero-order valence-corrected chi connectivity index (χ0v) is 10.9. The maximum absolute atomic E-state index is 12.1. The first-order valence-electron chi connectivity index (χ1n) is 5.94. The molecule has 0 saturated heterocycles. The summed E-state index contributed by atoms with van der Waals surface area (Å²) in [6, 6.07) is 9.79. The minimum atomic E-state index is -3.59. The van der Waals surface area contributed by atoms with Crippen LogP contribution in [0.15, 0.2) is 41.4 Å². The number of anilines is 1. The van der Waals surface area contributed by atoms with Crippen molar-refractivity contribution in [2.75, 3.05) is 5.73 Å². The number of hydrogen-bond donors (Lipinski definition) is 3. The van der Waals surface area contributed by atoms with Gasteiger partial charge in [-0.3, -0.25) is 5.10 Å². The summed E-state index contributed by atoms with van der Waals surface area (Å²) in [6.07, 6.45) is 2.03. The number of benzene rings is 1. The molecule has 6 nitrogen and oxygen atoms in total. The van der Waals surface area contributed by atoms with E-state index in [4.69, 9.17) is 5.73 Å². The van der Waals surface area contributed by atoms with Gasteiger partial charge in [0.05, 0.1) is 6.20 Å². The van der Waals surface area contributed by atoms with E-state index < -0.39 is 10.0 Å². The number of nitrogen functional groups attached to an aromatic ring is 1. The summed E-state index contributed by atoms with van der Waals surface area (Å²) in [5.41, 5.74) is 6.68. The van der Waals surface area contributed by atoms with E-state index in [2.05, 4.69) is 14.9 Å². The van der Waals surface area contributed by atoms with E-state index in [1.54, 1.807) is 0 Å². The first-order chi connectivity index (χ1) is 9.08. The van der Waals surface area contributed by atoms with Crippen LogP contribution in [-0.2, 0) is 10.0 Å². The van der Waals surface area contributed by atoms with Crippen LogP contribution in [0.2, 0.25) is 0 Å². The predicted molar refractivity (Wildman–Crippen MR) is 70.9 cm³/mol. The van der Waals surface area contributed by atoms with Gasteiger partial charge in [0.2, 0.25) is 10.0 Å². The number of nitrogens with two attached hydrogens (primary N) is 1. The maximum Gasteiger partial charge on any atom is 0.246 e. The fraction of sp³-hybridized carbons (Fsp3) is 0.250. The molecule has 2 unspecified atom stereocenters. The minimum Gasteiger partial charge on any atom is -0.383 e. The Labute approximate surface area is 111 Å². The molecule has 0 aliphatic heterocycles. The molecule has 1 saturated carbocycles. The number of aromatic nitrogens is 2. The Morgan fingerprint density at radius 1 is 1.32 bits per heavy atom. The molecule has 2 atom stereocenters. The Morgan fingerprint density at radius 3 is 2.68 bits per heavy atom. The smallest absolute Gasteiger partial charge is 0.246 e. The van der Waals surface area contributed by atoms with Crippen molar-refractivity contribution in [2.45, 2.75) is 23.3 Å². The van der Waals surface area contributed by atoms with Gasteiger partial charge in [0.1, 0.15) is 10.7 Å². The lowest BCUT2D eigenvalue weighted by Crippen LogP contribution is -2.27. The standard InChI is InChI=1S/C12H14N4O2S/c13-12-11(7-14-15-12)19(17,18)16-10-6-9(10)8-4-2-1-3-5-8/h1-5,7,9-10,16H,6H2,(H3,13,14,15). The van der Waals surface area contributed by atoms with E-state index >= 15 is 0 Å². The van der Waals surface area contributed by atoms with Gasteiger partial charge in [-0.1, -0.05) is 30.3 Å². The molecule has 19 heavy (non-hydrogen) atoms. The van der Waals surface area contributed by atoms with E-state index in [0.717, 1.165) is 12.0 Å². The molecule has 1 aromatic carbocycles. The van der Waals surface area contributed by atoms with Crippen LogP contribution in [0.3, 0.4) is 0 Å². The highest BCUT2D eigenvalue weighted by molar-refractivity contribution is 7.89. The first kappa shape index (κ1) is 12.2. The van der Waals surface area contributed by atoms with Gasteiger partial charge in [-0.2, -0.15) is 5.10 Å². The highest BCUT2D eigenvalue weighted by Crippen LogP contribution is 2.41. The summed E-state index contributed by atoms with van der Waals surface area (Å²) in [6.45, 7) is 0. The van der Waals surface area contributed by atoms with Crippen molar-refractivity contribution >= 4 is 15.8 Å². The third-order valence-corrected chi connectivity index (χ3v) is 4.76. The number of rotatable bonds is 4. The lowest BCUT2D eigenvalue weighted by Gasteiger charge is -2.05. The van der Waals surface area contributed by atoms with Crippen molar-refractivity contribution in [2.24, 2.45) is 0 Å². The largest absolute Gasteiger partial charge is 0.383 e. The molecule has 0 amide bonds. The zero-order valence-electron chi connectivity index (χ0n) is 10.1. The second kappa shape index (κ2) is 4.36. The molecule has 0 radical (unpaired) electrons. The van der Waals surface area contributed by atoms with Crippen molar-refractivity contribution < 1.29 is 8.42 Å². The lowest BCUT2D eigenvalue weighted by atomic mass is 10.1. The van der Waals surface area contributed by atoms with Crippen molar-refractivity contribution in [3.8, 4) is 0 Å². The summed E-state index contributed by atoms with van der Waals surface area (Å²) in [7, 11) is -3.59. The Balaban J connectivity index is 1.73. The molecule has 0 bridgehead atoms. The number of aromatic amines is 1. The monoisotopic (exact) mass is 278 g/mol.